The van der Waals surface area contributed by atoms with Crippen molar-refractivity contribution in [2.75, 3.05) is 12.3 Å². The molecule has 14 heteroatoms. The van der Waals surface area contributed by atoms with Crippen LogP contribution in [0.4, 0.5) is 5.95 Å². The van der Waals surface area contributed by atoms with Gasteiger partial charge in [0.1, 0.15) is 18.3 Å². The van der Waals surface area contributed by atoms with Gasteiger partial charge in [-0.1, -0.05) is 0 Å². The van der Waals surface area contributed by atoms with Crippen LogP contribution in [0.5, 0.6) is 0 Å². The lowest BCUT2D eigenvalue weighted by Gasteiger charge is -2.27. The Kier molecular flexibility index (Phi) is 3.36. The highest BCUT2D eigenvalue weighted by atomic mass is 31.2. The second-order valence-corrected chi connectivity index (χ2v) is 6.76. The van der Waals surface area contributed by atoms with E-state index in [1.807, 2.05) is 0 Å². The van der Waals surface area contributed by atoms with Gasteiger partial charge in [-0.2, -0.15) is 4.98 Å². The summed E-state index contributed by atoms with van der Waals surface area (Å²) >= 11 is 0. The maximum atomic E-state index is 11.9. The monoisotopic (exact) mass is 355 g/mol. The van der Waals surface area contributed by atoms with Crippen LogP contribution in [0.15, 0.2) is 4.79 Å². The minimum absolute atomic E-state index is 0.00421. The number of hydrogen-bond acceptors (Lipinski definition) is 9. The average Bonchev–Trinajstić information content (AvgIpc) is 2.96. The number of nitrogens with zero attached hydrogens (tertiary/aromatic N) is 3. The molecule has 5 N–H and O–H groups in total. The van der Waals surface area contributed by atoms with E-state index >= 15 is 0 Å². The standard InChI is InChI=1S/C10H11BN5O7P/c11-9-13-3-6(14-10(12)15-7(3)18)16(9)8-4(17)5-2(22-8)1-21-24(19,20)23-5/h2,4-5,8,17H,1H2,(H,19,20)(H3,12,14,15,18)/t2-,4?,5?,8-/m1/s1. The van der Waals surface area contributed by atoms with Crippen molar-refractivity contribution in [2.45, 2.75) is 24.5 Å². The predicted octanol–water partition coefficient (Wildman–Crippen LogP) is -2.73. The number of aromatic nitrogens is 4. The number of nitrogen functional groups attached to an aromatic ring is 1. The van der Waals surface area contributed by atoms with Gasteiger partial charge in [0.25, 0.3) is 5.56 Å². The van der Waals surface area contributed by atoms with Gasteiger partial charge in [0, 0.05) is 0 Å². The first kappa shape index (κ1) is 15.8. The fraction of sp³-hybridized carbons (Fsp3) is 0.500. The number of nitrogens with one attached hydrogen (secondary N) is 1. The highest BCUT2D eigenvalue weighted by Gasteiger charge is 2.52. The molecule has 4 rings (SSSR count). The van der Waals surface area contributed by atoms with Gasteiger partial charge in [-0.25, -0.2) is 9.55 Å². The molecule has 126 valence electrons. The van der Waals surface area contributed by atoms with Crippen LogP contribution in [0.2, 0.25) is 0 Å². The third-order valence-electron chi connectivity index (χ3n) is 3.82. The summed E-state index contributed by atoms with van der Waals surface area (Å²) in [5.74, 6) is -0.169. The van der Waals surface area contributed by atoms with E-state index in [0.29, 0.717) is 0 Å². The highest BCUT2D eigenvalue weighted by molar-refractivity contribution is 7.47. The molecule has 4 heterocycles. The summed E-state index contributed by atoms with van der Waals surface area (Å²) in [7, 11) is 1.55. The zero-order chi connectivity index (χ0) is 17.2. The molecule has 12 nitrogen and oxygen atoms in total. The van der Waals surface area contributed by atoms with Crippen molar-refractivity contribution in [3.8, 4) is 0 Å². The van der Waals surface area contributed by atoms with E-state index in [0.717, 1.165) is 0 Å². The normalized spacial score (nSPS) is 36.1. The molecule has 2 aliphatic heterocycles. The highest BCUT2D eigenvalue weighted by Crippen LogP contribution is 2.52. The number of aromatic amines is 1. The topological polar surface area (TPSA) is 175 Å². The van der Waals surface area contributed by atoms with Gasteiger partial charge < -0.3 is 20.5 Å². The quantitative estimate of drug-likeness (QED) is 0.310. The third kappa shape index (κ3) is 2.29. The van der Waals surface area contributed by atoms with Gasteiger partial charge in [0.05, 0.1) is 12.3 Å². The molecule has 2 aliphatic rings. The lowest BCUT2D eigenvalue weighted by atomic mass is 10.1. The number of nitrogens with two attached hydrogens (primary N) is 1. The first-order valence-electron chi connectivity index (χ1n) is 6.79. The third-order valence-corrected chi connectivity index (χ3v) is 4.80. The number of ether oxygens (including phenoxy) is 1. The lowest BCUT2D eigenvalue weighted by molar-refractivity contribution is -0.0657. The van der Waals surface area contributed by atoms with E-state index in [1.54, 1.807) is 0 Å². The molecule has 0 bridgehead atoms. The molecule has 0 aromatic carbocycles. The maximum absolute atomic E-state index is 11.9. The van der Waals surface area contributed by atoms with Gasteiger partial charge >= 0.3 is 7.82 Å². The number of fused-ring (bicyclic) bond motifs is 2. The van der Waals surface area contributed by atoms with Crippen LogP contribution in [0, 0.1) is 0 Å². The van der Waals surface area contributed by atoms with Crippen LogP contribution >= 0.6 is 7.82 Å². The van der Waals surface area contributed by atoms with E-state index in [-0.39, 0.29) is 29.4 Å². The fourth-order valence-electron chi connectivity index (χ4n) is 2.82. The van der Waals surface area contributed by atoms with Crippen LogP contribution in [-0.2, 0) is 18.3 Å². The Hall–Kier alpha value is -1.76. The summed E-state index contributed by atoms with van der Waals surface area (Å²) in [5, 5.41) is 10.4. The fourth-order valence-corrected chi connectivity index (χ4v) is 3.78. The van der Waals surface area contributed by atoms with Crippen LogP contribution in [-0.4, -0.2) is 62.3 Å². The van der Waals surface area contributed by atoms with E-state index in [4.69, 9.17) is 22.8 Å². The summed E-state index contributed by atoms with van der Waals surface area (Å²) in [6, 6.07) is 0. The molecule has 2 fully saturated rings. The molecule has 5 atom stereocenters. The minimum atomic E-state index is -4.26. The van der Waals surface area contributed by atoms with Crippen molar-refractivity contribution in [1.29, 1.82) is 0 Å². The van der Waals surface area contributed by atoms with E-state index < -0.39 is 37.9 Å². The number of aliphatic hydroxyl groups is 1. The number of phosphoric acid groups is 1. The van der Waals surface area contributed by atoms with Crippen molar-refractivity contribution in [3.05, 3.63) is 10.4 Å². The van der Waals surface area contributed by atoms with Crippen molar-refractivity contribution in [2.24, 2.45) is 0 Å². The molecule has 3 unspecified atom stereocenters. The Morgan fingerprint density at radius 3 is 2.96 bits per heavy atom. The molecule has 2 aromatic heterocycles. The van der Waals surface area contributed by atoms with Crippen molar-refractivity contribution < 1.29 is 28.3 Å². The van der Waals surface area contributed by atoms with Crippen molar-refractivity contribution in [1.82, 2.24) is 19.5 Å². The summed E-state index contributed by atoms with van der Waals surface area (Å²) in [5.41, 5.74) is 4.69. The number of anilines is 1. The van der Waals surface area contributed by atoms with Gasteiger partial charge in [0.2, 0.25) is 5.95 Å². The number of imidazole rings is 1. The first-order chi connectivity index (χ1) is 11.3. The molecule has 0 amide bonds. The Morgan fingerprint density at radius 1 is 1.46 bits per heavy atom. The van der Waals surface area contributed by atoms with Gasteiger partial charge in [0.15, 0.2) is 25.2 Å². The summed E-state index contributed by atoms with van der Waals surface area (Å²) < 4.78 is 27.8. The molecule has 0 aliphatic carbocycles. The summed E-state index contributed by atoms with van der Waals surface area (Å²) in [6.07, 6.45) is -4.45. The molecular weight excluding hydrogens is 344 g/mol. The Morgan fingerprint density at radius 2 is 2.21 bits per heavy atom. The van der Waals surface area contributed by atoms with Crippen molar-refractivity contribution >= 4 is 38.5 Å². The van der Waals surface area contributed by atoms with E-state index in [2.05, 4.69) is 19.5 Å². The summed E-state index contributed by atoms with van der Waals surface area (Å²) in [4.78, 5) is 31.4. The maximum Gasteiger partial charge on any atom is 0.472 e. The molecule has 24 heavy (non-hydrogen) atoms. The number of H-pyrrole nitrogens is 1. The van der Waals surface area contributed by atoms with Crippen LogP contribution in [0.3, 0.4) is 0 Å². The second-order valence-electron chi connectivity index (χ2n) is 5.35. The van der Waals surface area contributed by atoms with Gasteiger partial charge in [-0.05, 0) is 0 Å². The minimum Gasteiger partial charge on any atom is -0.386 e. The Bertz CT molecular complexity index is 930. The van der Waals surface area contributed by atoms with Crippen LogP contribution < -0.4 is 17.0 Å². The van der Waals surface area contributed by atoms with Gasteiger partial charge in [-0.15, -0.1) is 0 Å². The van der Waals surface area contributed by atoms with Crippen LogP contribution in [0.25, 0.3) is 11.2 Å². The number of aliphatic hydroxyl groups excluding tert-OH is 1. The molecule has 2 aromatic rings. The summed E-state index contributed by atoms with van der Waals surface area (Å²) in [6.45, 7) is -0.255. The Labute approximate surface area is 134 Å². The lowest BCUT2D eigenvalue weighted by Crippen LogP contribution is -2.39. The average molecular weight is 355 g/mol. The number of hydrogen-bond donors (Lipinski definition) is 4. The molecule has 2 radical (unpaired) electrons. The van der Waals surface area contributed by atoms with Crippen LogP contribution in [0.1, 0.15) is 6.23 Å². The SMILES string of the molecule is [B]c1nc2c(=O)[nH]c(N)nc2n1[C@@H]1O[C@@H]2COP(=O)(O)OC2C1O. The number of rotatable bonds is 1. The Balaban J connectivity index is 1.80. The zero-order valence-corrected chi connectivity index (χ0v) is 12.8. The largest absolute Gasteiger partial charge is 0.472 e. The zero-order valence-electron chi connectivity index (χ0n) is 11.9. The smallest absolute Gasteiger partial charge is 0.386 e. The molecule has 2 saturated heterocycles. The van der Waals surface area contributed by atoms with Gasteiger partial charge in [-0.3, -0.25) is 23.4 Å². The molecule has 0 saturated carbocycles. The first-order valence-corrected chi connectivity index (χ1v) is 8.29. The van der Waals surface area contributed by atoms with E-state index in [9.17, 15) is 19.4 Å². The molecule has 0 spiro atoms. The van der Waals surface area contributed by atoms with E-state index in [1.165, 1.54) is 4.57 Å². The van der Waals surface area contributed by atoms with Crippen molar-refractivity contribution in [3.63, 3.8) is 0 Å². The molecular formula is C10H11BN5O7P. The second kappa shape index (κ2) is 5.12. The number of phosphoric ester groups is 1. The predicted molar refractivity (Wildman–Crippen MR) is 78.5 cm³/mol.